The molecule has 0 aliphatic carbocycles. The van der Waals surface area contributed by atoms with E-state index in [0.717, 1.165) is 15.7 Å². The van der Waals surface area contributed by atoms with Crippen LogP contribution in [0.25, 0.3) is 11.2 Å². The summed E-state index contributed by atoms with van der Waals surface area (Å²) in [5.74, 6) is 0. The zero-order chi connectivity index (χ0) is 16.0. The second-order valence-corrected chi connectivity index (χ2v) is 5.67. The number of aryl methyl sites for hydroxylation is 2. The lowest BCUT2D eigenvalue weighted by atomic mass is 10.1. The zero-order valence-corrected chi connectivity index (χ0v) is 13.3. The Morgan fingerprint density at radius 2 is 1.91 bits per heavy atom. The summed E-state index contributed by atoms with van der Waals surface area (Å²) in [4.78, 5) is 28.6. The second-order valence-electron chi connectivity index (χ2n) is 5.33. The van der Waals surface area contributed by atoms with E-state index in [4.69, 9.17) is 11.6 Å². The molecule has 0 atom stereocenters. The predicted octanol–water partition coefficient (Wildman–Crippen LogP) is 1.44. The number of imidazole rings is 1. The molecule has 2 aromatic heterocycles. The van der Waals surface area contributed by atoms with Gasteiger partial charge in [-0.1, -0.05) is 29.8 Å². The van der Waals surface area contributed by atoms with Crippen molar-refractivity contribution in [3.05, 3.63) is 61.5 Å². The monoisotopic (exact) mass is 318 g/mol. The van der Waals surface area contributed by atoms with E-state index in [1.807, 2.05) is 31.2 Å². The molecule has 0 radical (unpaired) electrons. The smallest absolute Gasteiger partial charge is 0.304 e. The molecular weight excluding hydrogens is 304 g/mol. The molecule has 7 heteroatoms. The third-order valence-electron chi connectivity index (χ3n) is 3.72. The lowest BCUT2D eigenvalue weighted by Crippen LogP contribution is -2.37. The Balaban J connectivity index is 2.29. The van der Waals surface area contributed by atoms with Gasteiger partial charge in [-0.25, -0.2) is 4.79 Å². The van der Waals surface area contributed by atoms with E-state index in [1.165, 1.54) is 11.6 Å². The van der Waals surface area contributed by atoms with E-state index in [2.05, 4.69) is 4.98 Å². The Labute approximate surface area is 131 Å². The van der Waals surface area contributed by atoms with Gasteiger partial charge < -0.3 is 4.57 Å². The molecule has 0 N–H and O–H groups in total. The topological polar surface area (TPSA) is 61.8 Å². The van der Waals surface area contributed by atoms with Gasteiger partial charge in [0, 0.05) is 14.1 Å². The molecule has 0 bridgehead atoms. The summed E-state index contributed by atoms with van der Waals surface area (Å²) in [6, 6.07) is 7.93. The van der Waals surface area contributed by atoms with Crippen LogP contribution in [0, 0.1) is 6.92 Å². The summed E-state index contributed by atoms with van der Waals surface area (Å²) in [7, 11) is 3.02. The van der Waals surface area contributed by atoms with E-state index in [0.29, 0.717) is 17.7 Å². The molecule has 0 spiro atoms. The molecule has 0 aliphatic rings. The van der Waals surface area contributed by atoms with Crippen LogP contribution in [0.3, 0.4) is 0 Å². The molecule has 22 heavy (non-hydrogen) atoms. The maximum absolute atomic E-state index is 12.4. The van der Waals surface area contributed by atoms with Gasteiger partial charge in [-0.3, -0.25) is 13.9 Å². The predicted molar refractivity (Wildman–Crippen MR) is 85.5 cm³/mol. The van der Waals surface area contributed by atoms with Crippen molar-refractivity contribution < 1.29 is 0 Å². The molecule has 0 saturated heterocycles. The maximum atomic E-state index is 12.4. The van der Waals surface area contributed by atoms with Crippen molar-refractivity contribution >= 4 is 22.8 Å². The molecule has 0 aliphatic heterocycles. The maximum Gasteiger partial charge on any atom is 0.332 e. The largest absolute Gasteiger partial charge is 0.332 e. The van der Waals surface area contributed by atoms with Gasteiger partial charge in [0.15, 0.2) is 11.2 Å². The van der Waals surface area contributed by atoms with Crippen LogP contribution in [0.15, 0.2) is 33.9 Å². The van der Waals surface area contributed by atoms with Gasteiger partial charge in [-0.15, -0.1) is 0 Å². The Morgan fingerprint density at radius 3 is 2.59 bits per heavy atom. The number of benzene rings is 1. The van der Waals surface area contributed by atoms with Gasteiger partial charge in [0.1, 0.15) is 0 Å². The normalized spacial score (nSPS) is 11.3. The third-order valence-corrected chi connectivity index (χ3v) is 4.01. The first-order valence-corrected chi connectivity index (χ1v) is 7.15. The SMILES string of the molecule is Cc1cccc(Cn2c(Cl)nc3c2c(=O)n(C)c(=O)n3C)c1. The molecule has 0 saturated carbocycles. The summed E-state index contributed by atoms with van der Waals surface area (Å²) < 4.78 is 4.02. The van der Waals surface area contributed by atoms with Crippen LogP contribution in [0.5, 0.6) is 0 Å². The van der Waals surface area contributed by atoms with Crippen molar-refractivity contribution in [2.75, 3.05) is 0 Å². The summed E-state index contributed by atoms with van der Waals surface area (Å²) in [5, 5.41) is 0.190. The average molecular weight is 319 g/mol. The number of nitrogens with zero attached hydrogens (tertiary/aromatic N) is 4. The van der Waals surface area contributed by atoms with Crippen LogP contribution in [0.2, 0.25) is 5.28 Å². The molecule has 0 unspecified atom stereocenters. The van der Waals surface area contributed by atoms with Crippen LogP contribution in [-0.4, -0.2) is 18.7 Å². The Morgan fingerprint density at radius 1 is 1.18 bits per heavy atom. The fourth-order valence-corrected chi connectivity index (χ4v) is 2.78. The molecule has 114 valence electrons. The summed E-state index contributed by atoms with van der Waals surface area (Å²) in [6.07, 6.45) is 0. The lowest BCUT2D eigenvalue weighted by Gasteiger charge is -2.08. The summed E-state index contributed by atoms with van der Waals surface area (Å²) in [5.41, 5.74) is 1.94. The fourth-order valence-electron chi connectivity index (χ4n) is 2.56. The van der Waals surface area contributed by atoms with Gasteiger partial charge in [-0.2, -0.15) is 4.98 Å². The van der Waals surface area contributed by atoms with Crippen molar-refractivity contribution in [2.45, 2.75) is 13.5 Å². The van der Waals surface area contributed by atoms with Crippen LogP contribution >= 0.6 is 11.6 Å². The highest BCUT2D eigenvalue weighted by Gasteiger charge is 2.18. The Kier molecular flexibility index (Phi) is 3.41. The van der Waals surface area contributed by atoms with E-state index in [-0.39, 0.29) is 5.28 Å². The molecule has 2 heterocycles. The zero-order valence-electron chi connectivity index (χ0n) is 12.5. The van der Waals surface area contributed by atoms with Gasteiger partial charge in [0.05, 0.1) is 6.54 Å². The first kappa shape index (κ1) is 14.6. The fraction of sp³-hybridized carbons (Fsp3) is 0.267. The minimum absolute atomic E-state index is 0.190. The number of hydrogen-bond acceptors (Lipinski definition) is 3. The van der Waals surface area contributed by atoms with Crippen molar-refractivity contribution in [3.63, 3.8) is 0 Å². The standard InChI is InChI=1S/C15H15ClN4O2/c1-9-5-4-6-10(7-9)8-20-11-12(17-14(20)16)18(2)15(22)19(3)13(11)21/h4-7H,8H2,1-3H3. The van der Waals surface area contributed by atoms with Crippen LogP contribution in [0.4, 0.5) is 0 Å². The van der Waals surface area contributed by atoms with E-state index < -0.39 is 11.2 Å². The van der Waals surface area contributed by atoms with Crippen molar-refractivity contribution in [2.24, 2.45) is 14.1 Å². The Bertz CT molecular complexity index is 997. The summed E-state index contributed by atoms with van der Waals surface area (Å²) >= 11 is 6.19. The number of fused-ring (bicyclic) bond motifs is 1. The van der Waals surface area contributed by atoms with Crippen molar-refractivity contribution in [1.29, 1.82) is 0 Å². The quantitative estimate of drug-likeness (QED) is 0.672. The molecule has 1 aromatic carbocycles. The molecule has 0 fully saturated rings. The minimum atomic E-state index is -0.422. The number of rotatable bonds is 2. The highest BCUT2D eigenvalue weighted by atomic mass is 35.5. The van der Waals surface area contributed by atoms with Crippen molar-refractivity contribution in [1.82, 2.24) is 18.7 Å². The molecule has 0 amide bonds. The first-order valence-electron chi connectivity index (χ1n) is 6.77. The highest BCUT2D eigenvalue weighted by molar-refractivity contribution is 6.29. The minimum Gasteiger partial charge on any atom is -0.304 e. The molecule has 6 nitrogen and oxygen atoms in total. The van der Waals surface area contributed by atoms with E-state index >= 15 is 0 Å². The van der Waals surface area contributed by atoms with E-state index in [9.17, 15) is 9.59 Å². The van der Waals surface area contributed by atoms with E-state index in [1.54, 1.807) is 11.6 Å². The number of aromatic nitrogens is 4. The molecule has 3 rings (SSSR count). The van der Waals surface area contributed by atoms with Crippen LogP contribution < -0.4 is 11.2 Å². The number of hydrogen-bond donors (Lipinski definition) is 0. The summed E-state index contributed by atoms with van der Waals surface area (Å²) in [6.45, 7) is 2.42. The highest BCUT2D eigenvalue weighted by Crippen LogP contribution is 2.18. The van der Waals surface area contributed by atoms with Gasteiger partial charge in [0.2, 0.25) is 5.28 Å². The van der Waals surface area contributed by atoms with Gasteiger partial charge >= 0.3 is 5.69 Å². The number of halogens is 1. The van der Waals surface area contributed by atoms with Gasteiger partial charge in [-0.05, 0) is 24.1 Å². The first-order chi connectivity index (χ1) is 10.4. The van der Waals surface area contributed by atoms with Crippen molar-refractivity contribution in [3.8, 4) is 0 Å². The second kappa shape index (κ2) is 5.14. The average Bonchev–Trinajstić information content (AvgIpc) is 2.80. The lowest BCUT2D eigenvalue weighted by molar-refractivity contribution is 0.702. The van der Waals surface area contributed by atoms with Crippen LogP contribution in [-0.2, 0) is 20.6 Å². The molecular formula is C15H15ClN4O2. The Hall–Kier alpha value is -2.34. The van der Waals surface area contributed by atoms with Gasteiger partial charge in [0.25, 0.3) is 5.56 Å². The third kappa shape index (κ3) is 2.16. The molecule has 3 aromatic rings. The van der Waals surface area contributed by atoms with Crippen LogP contribution in [0.1, 0.15) is 11.1 Å².